The van der Waals surface area contributed by atoms with Crippen LogP contribution < -0.4 is 16.0 Å². The molecule has 3 aromatic rings. The van der Waals surface area contributed by atoms with Gasteiger partial charge >= 0.3 is 6.09 Å². The van der Waals surface area contributed by atoms with E-state index in [1.54, 1.807) is 30.7 Å². The molecular weight excluding hydrogens is 479 g/mol. The van der Waals surface area contributed by atoms with Gasteiger partial charge in [0.2, 0.25) is 0 Å². The highest BCUT2D eigenvalue weighted by atomic mass is 19.1. The Morgan fingerprint density at radius 3 is 2.51 bits per heavy atom. The van der Waals surface area contributed by atoms with Gasteiger partial charge in [-0.1, -0.05) is 0 Å². The van der Waals surface area contributed by atoms with Crippen molar-refractivity contribution in [1.82, 2.24) is 25.2 Å². The van der Waals surface area contributed by atoms with Gasteiger partial charge in [0.25, 0.3) is 5.91 Å². The zero-order chi connectivity index (χ0) is 27.3. The Morgan fingerprint density at radius 2 is 1.86 bits per heavy atom. The zero-order valence-electron chi connectivity index (χ0n) is 22.0. The Hall–Kier alpha value is -3.73. The summed E-state index contributed by atoms with van der Waals surface area (Å²) in [5, 5.41) is 19.1. The topological polar surface area (TPSA) is 130 Å². The van der Waals surface area contributed by atoms with E-state index in [2.05, 4.69) is 25.9 Å². The van der Waals surface area contributed by atoms with Crippen molar-refractivity contribution < 1.29 is 23.8 Å². The molecule has 0 aliphatic rings. The summed E-state index contributed by atoms with van der Waals surface area (Å²) >= 11 is 0. The highest BCUT2D eigenvalue weighted by molar-refractivity contribution is 5.99. The maximum atomic E-state index is 14.1. The third kappa shape index (κ3) is 7.39. The van der Waals surface area contributed by atoms with Crippen LogP contribution in [0.25, 0.3) is 16.9 Å². The fraction of sp³-hybridized carbons (Fsp3) is 0.462. The van der Waals surface area contributed by atoms with Gasteiger partial charge < -0.3 is 25.8 Å². The van der Waals surface area contributed by atoms with Crippen LogP contribution in [0.1, 0.15) is 57.5 Å². The molecule has 4 N–H and O–H groups in total. The quantitative estimate of drug-likeness (QED) is 0.324. The molecule has 37 heavy (non-hydrogen) atoms. The van der Waals surface area contributed by atoms with E-state index >= 15 is 0 Å². The fourth-order valence-electron chi connectivity index (χ4n) is 3.50. The summed E-state index contributed by atoms with van der Waals surface area (Å²) in [5.74, 6) is 0.0335. The third-order valence-electron chi connectivity index (χ3n) is 5.40. The van der Waals surface area contributed by atoms with Gasteiger partial charge in [0.15, 0.2) is 0 Å². The number of hydrogen-bond acceptors (Lipinski definition) is 7. The van der Waals surface area contributed by atoms with Crippen LogP contribution in [0, 0.1) is 0 Å². The predicted octanol–water partition coefficient (Wildman–Crippen LogP) is 3.71. The lowest BCUT2D eigenvalue weighted by Gasteiger charge is -2.23. The van der Waals surface area contributed by atoms with Crippen LogP contribution in [0.15, 0.2) is 36.8 Å². The first kappa shape index (κ1) is 27.9. The molecule has 3 rings (SSSR count). The lowest BCUT2D eigenvalue weighted by molar-refractivity contribution is -0.00178. The van der Waals surface area contributed by atoms with Crippen molar-refractivity contribution >= 4 is 28.7 Å². The number of amides is 2. The predicted molar refractivity (Wildman–Crippen MR) is 140 cm³/mol. The van der Waals surface area contributed by atoms with Crippen LogP contribution in [0.3, 0.4) is 0 Å². The summed E-state index contributed by atoms with van der Waals surface area (Å²) in [6, 6.07) is 5.55. The van der Waals surface area contributed by atoms with Gasteiger partial charge in [0.1, 0.15) is 17.6 Å². The van der Waals surface area contributed by atoms with Gasteiger partial charge in [0, 0.05) is 42.6 Å². The van der Waals surface area contributed by atoms with Crippen molar-refractivity contribution in [2.24, 2.45) is 0 Å². The number of anilines is 1. The van der Waals surface area contributed by atoms with E-state index in [0.29, 0.717) is 17.2 Å². The van der Waals surface area contributed by atoms with Crippen molar-refractivity contribution in [2.75, 3.05) is 11.9 Å². The number of rotatable bonds is 10. The molecule has 0 bridgehead atoms. The molecule has 0 saturated heterocycles. The Bertz CT molecular complexity index is 1250. The van der Waals surface area contributed by atoms with Gasteiger partial charge in [-0.15, -0.1) is 0 Å². The second-order valence-corrected chi connectivity index (χ2v) is 9.97. The molecule has 3 heterocycles. The summed E-state index contributed by atoms with van der Waals surface area (Å²) < 4.78 is 21.0. The van der Waals surface area contributed by atoms with E-state index in [0.717, 1.165) is 10.9 Å². The SMILES string of the molecule is CC(C)Nc1cc(-n2ccc3cc(CNC(=O)OC(C)C)cnc32)ncc1C(=O)NC[C@@H](F)C(C)(C)O. The fourth-order valence-corrected chi connectivity index (χ4v) is 3.50. The van der Waals surface area contributed by atoms with Crippen LogP contribution in [0.5, 0.6) is 0 Å². The number of ether oxygens (including phenoxy) is 1. The second kappa shape index (κ2) is 11.5. The normalized spacial score (nSPS) is 12.6. The number of nitrogens with one attached hydrogen (secondary N) is 3. The van der Waals surface area contributed by atoms with Crippen molar-refractivity contribution in [3.05, 3.63) is 47.9 Å². The number of hydrogen-bond donors (Lipinski definition) is 4. The number of aromatic nitrogens is 3. The molecule has 0 unspecified atom stereocenters. The van der Waals surface area contributed by atoms with Gasteiger partial charge in [-0.25, -0.2) is 19.2 Å². The number of aliphatic hydroxyl groups is 1. The van der Waals surface area contributed by atoms with Crippen LogP contribution in [-0.4, -0.2) is 62.1 Å². The first-order valence-corrected chi connectivity index (χ1v) is 12.2. The molecule has 0 saturated carbocycles. The molecule has 3 aromatic heterocycles. The van der Waals surface area contributed by atoms with Gasteiger partial charge in [-0.2, -0.15) is 0 Å². The number of carbonyl (C=O) groups is 2. The number of alkyl carbamates (subject to hydrolysis) is 1. The summed E-state index contributed by atoms with van der Waals surface area (Å²) in [7, 11) is 0. The van der Waals surface area contributed by atoms with E-state index in [-0.39, 0.29) is 30.8 Å². The first-order chi connectivity index (χ1) is 17.3. The van der Waals surface area contributed by atoms with Gasteiger partial charge in [0.05, 0.1) is 29.5 Å². The van der Waals surface area contributed by atoms with Gasteiger partial charge in [-0.3, -0.25) is 9.36 Å². The molecule has 200 valence electrons. The van der Waals surface area contributed by atoms with Crippen molar-refractivity contribution in [1.29, 1.82) is 0 Å². The number of halogens is 1. The molecule has 0 aromatic carbocycles. The molecule has 0 radical (unpaired) electrons. The minimum atomic E-state index is -1.62. The smallest absolute Gasteiger partial charge is 0.407 e. The number of fused-ring (bicyclic) bond motifs is 1. The van der Waals surface area contributed by atoms with Crippen molar-refractivity contribution in [2.45, 2.75) is 72.0 Å². The maximum Gasteiger partial charge on any atom is 0.407 e. The van der Waals surface area contributed by atoms with E-state index in [9.17, 15) is 19.1 Å². The van der Waals surface area contributed by atoms with Crippen molar-refractivity contribution in [3.63, 3.8) is 0 Å². The largest absolute Gasteiger partial charge is 0.447 e. The highest BCUT2D eigenvalue weighted by Gasteiger charge is 2.27. The Kier molecular flexibility index (Phi) is 8.69. The minimum absolute atomic E-state index is 0.0177. The summed E-state index contributed by atoms with van der Waals surface area (Å²) in [6.07, 6.45) is 2.59. The standard InChI is InChI=1S/C26H35FN6O4/c1-15(2)32-20-10-22(28-13-19(20)24(34)30-14-21(27)26(5,6)36)33-8-7-18-9-17(11-29-23(18)33)12-31-25(35)37-16(3)4/h7-11,13,15-16,21,36H,12,14H2,1-6H3,(H,28,32)(H,30,34)(H,31,35)/t21-/m1/s1. The lowest BCUT2D eigenvalue weighted by atomic mass is 10.0. The molecule has 0 aliphatic heterocycles. The summed E-state index contributed by atoms with van der Waals surface area (Å²) in [5.41, 5.74) is 0.683. The van der Waals surface area contributed by atoms with Gasteiger partial charge in [-0.05, 0) is 59.2 Å². The molecule has 0 spiro atoms. The molecule has 0 fully saturated rings. The van der Waals surface area contributed by atoms with Crippen LogP contribution in [0.2, 0.25) is 0 Å². The summed E-state index contributed by atoms with van der Waals surface area (Å²) in [4.78, 5) is 33.5. The van der Waals surface area contributed by atoms with Crippen LogP contribution in [-0.2, 0) is 11.3 Å². The molecular formula is C26H35FN6O4. The monoisotopic (exact) mass is 514 g/mol. The highest BCUT2D eigenvalue weighted by Crippen LogP contribution is 2.24. The molecule has 10 nitrogen and oxygen atoms in total. The van der Waals surface area contributed by atoms with E-state index in [1.165, 1.54) is 20.0 Å². The van der Waals surface area contributed by atoms with Crippen molar-refractivity contribution in [3.8, 4) is 5.82 Å². The average Bonchev–Trinajstić information content (AvgIpc) is 3.22. The Morgan fingerprint density at radius 1 is 1.14 bits per heavy atom. The Labute approximate surface area is 215 Å². The molecule has 1 atom stereocenters. The number of alkyl halides is 1. The van der Waals surface area contributed by atoms with E-state index < -0.39 is 23.8 Å². The average molecular weight is 515 g/mol. The maximum absolute atomic E-state index is 14.1. The minimum Gasteiger partial charge on any atom is -0.447 e. The zero-order valence-corrected chi connectivity index (χ0v) is 22.0. The summed E-state index contributed by atoms with van der Waals surface area (Å²) in [6.45, 7) is 10.1. The van der Waals surface area contributed by atoms with Crippen LogP contribution in [0.4, 0.5) is 14.9 Å². The molecule has 0 aliphatic carbocycles. The van der Waals surface area contributed by atoms with E-state index in [1.807, 2.05) is 32.2 Å². The number of nitrogens with zero attached hydrogens (tertiary/aromatic N) is 3. The number of carbonyl (C=O) groups excluding carboxylic acids is 2. The lowest BCUT2D eigenvalue weighted by Crippen LogP contribution is -2.42. The molecule has 2 amide bonds. The van der Waals surface area contributed by atoms with Crippen LogP contribution >= 0.6 is 0 Å². The first-order valence-electron chi connectivity index (χ1n) is 12.2. The second-order valence-electron chi connectivity index (χ2n) is 9.97. The van der Waals surface area contributed by atoms with E-state index in [4.69, 9.17) is 4.74 Å². The number of pyridine rings is 2. The molecule has 11 heteroatoms. The third-order valence-corrected chi connectivity index (χ3v) is 5.40. The Balaban J connectivity index is 1.83.